The van der Waals surface area contributed by atoms with E-state index >= 15 is 0 Å². The Hall–Kier alpha value is -2.86. The van der Waals surface area contributed by atoms with Crippen molar-refractivity contribution in [2.75, 3.05) is 43.9 Å². The molecule has 4 rings (SSSR count). The van der Waals surface area contributed by atoms with E-state index in [2.05, 4.69) is 38.7 Å². The van der Waals surface area contributed by atoms with Gasteiger partial charge in [-0.15, -0.1) is 0 Å². The first-order valence-corrected chi connectivity index (χ1v) is 8.86. The van der Waals surface area contributed by atoms with Gasteiger partial charge in [0.05, 0.1) is 23.8 Å². The maximum atomic E-state index is 7.35. The number of piperazine rings is 1. The molecular weight excluding hydrogens is 324 g/mol. The lowest BCUT2D eigenvalue weighted by Crippen LogP contribution is -2.44. The van der Waals surface area contributed by atoms with Gasteiger partial charge in [-0.3, -0.25) is 4.98 Å². The van der Waals surface area contributed by atoms with Crippen molar-refractivity contribution in [3.63, 3.8) is 0 Å². The monoisotopic (exact) mass is 349 g/mol. The molecule has 0 radical (unpaired) electrons. The van der Waals surface area contributed by atoms with Crippen molar-refractivity contribution in [3.8, 4) is 16.8 Å². The van der Waals surface area contributed by atoms with Gasteiger partial charge in [0.2, 0.25) is 0 Å². The van der Waals surface area contributed by atoms with Crippen LogP contribution in [0.15, 0.2) is 49.1 Å². The van der Waals surface area contributed by atoms with Gasteiger partial charge in [-0.05, 0) is 37.7 Å². The zero-order valence-electron chi connectivity index (χ0n) is 16.2. The van der Waals surface area contributed by atoms with Gasteiger partial charge >= 0.3 is 0 Å². The first-order chi connectivity index (χ1) is 13.1. The second-order valence-electron chi connectivity index (χ2n) is 6.90. The van der Waals surface area contributed by atoms with Crippen LogP contribution in [-0.4, -0.2) is 52.9 Å². The molecule has 3 heterocycles. The van der Waals surface area contributed by atoms with E-state index in [1.54, 1.807) is 0 Å². The average Bonchev–Trinajstić information content (AvgIpc) is 3.19. The summed E-state index contributed by atoms with van der Waals surface area (Å²) in [5.74, 6) is 0. The quantitative estimate of drug-likeness (QED) is 0.734. The van der Waals surface area contributed by atoms with Crippen LogP contribution in [0.1, 0.15) is 5.56 Å². The molecule has 6 nitrogen and oxygen atoms in total. The molecular formula is C20H24N6. The van der Waals surface area contributed by atoms with Gasteiger partial charge in [0, 0.05) is 55.4 Å². The van der Waals surface area contributed by atoms with Gasteiger partial charge in [0.1, 0.15) is 0 Å². The highest BCUT2D eigenvalue weighted by Gasteiger charge is 2.15. The average molecular weight is 349 g/mol. The zero-order valence-corrected chi connectivity index (χ0v) is 15.2. The summed E-state index contributed by atoms with van der Waals surface area (Å²) in [5, 5.41) is 4.53. The van der Waals surface area contributed by atoms with Crippen LogP contribution in [0.5, 0.6) is 0 Å². The minimum absolute atomic E-state index is 0.742. The van der Waals surface area contributed by atoms with Crippen molar-refractivity contribution in [1.82, 2.24) is 19.7 Å². The highest BCUT2D eigenvalue weighted by Crippen LogP contribution is 2.25. The number of hydrogen-bond acceptors (Lipinski definition) is 5. The number of pyridine rings is 1. The fourth-order valence-corrected chi connectivity index (χ4v) is 3.28. The highest BCUT2D eigenvalue weighted by atomic mass is 15.3. The van der Waals surface area contributed by atoms with E-state index in [9.17, 15) is 0 Å². The normalized spacial score (nSPS) is 15.8. The molecule has 0 aliphatic carbocycles. The second kappa shape index (κ2) is 6.80. The van der Waals surface area contributed by atoms with Crippen molar-refractivity contribution < 1.29 is 1.41 Å². The second-order valence-corrected chi connectivity index (χ2v) is 6.90. The molecule has 0 saturated carbocycles. The molecule has 26 heavy (non-hydrogen) atoms. The van der Waals surface area contributed by atoms with E-state index in [0.29, 0.717) is 0 Å². The number of anilines is 2. The number of hydrogen-bond donors (Lipinski definition) is 1. The van der Waals surface area contributed by atoms with Crippen molar-refractivity contribution in [1.29, 1.82) is 0 Å². The number of aryl methyl sites for hydroxylation is 1. The summed E-state index contributed by atoms with van der Waals surface area (Å²) < 4.78 is 9.21. The first-order valence-electron chi connectivity index (χ1n) is 9.36. The van der Waals surface area contributed by atoms with Crippen molar-refractivity contribution in [2.24, 2.45) is 0 Å². The van der Waals surface area contributed by atoms with Crippen molar-refractivity contribution in [3.05, 3.63) is 54.6 Å². The fourth-order valence-electron chi connectivity index (χ4n) is 3.28. The number of nitrogens with zero attached hydrogens (tertiary/aromatic N) is 5. The van der Waals surface area contributed by atoms with Crippen LogP contribution in [0.25, 0.3) is 16.8 Å². The van der Waals surface area contributed by atoms with Gasteiger partial charge in [-0.25, -0.2) is 4.68 Å². The minimum atomic E-state index is 0.742. The summed E-state index contributed by atoms with van der Waals surface area (Å²) in [4.78, 5) is 9.19. The van der Waals surface area contributed by atoms with Gasteiger partial charge in [0.15, 0.2) is 1.41 Å². The summed E-state index contributed by atoms with van der Waals surface area (Å²) in [5.41, 5.74) is 8.49. The van der Waals surface area contributed by atoms with Gasteiger partial charge in [0.25, 0.3) is 0 Å². The maximum Gasteiger partial charge on any atom is 0.156 e. The molecule has 1 aromatic carbocycles. The molecule has 0 amide bonds. The lowest BCUT2D eigenvalue weighted by Gasteiger charge is -2.33. The molecule has 3 aromatic rings. The molecule has 0 atom stereocenters. The molecule has 0 bridgehead atoms. The molecule has 0 spiro atoms. The topological polar surface area (TPSA) is 63.2 Å². The van der Waals surface area contributed by atoms with Crippen LogP contribution >= 0.6 is 0 Å². The van der Waals surface area contributed by atoms with E-state index in [0.717, 1.165) is 59.9 Å². The highest BCUT2D eigenvalue weighted by molar-refractivity contribution is 5.67. The van der Waals surface area contributed by atoms with E-state index in [1.165, 1.54) is 0 Å². The Labute approximate surface area is 155 Å². The molecule has 2 aromatic heterocycles. The standard InChI is InChI=1S/C20H24N6/c1-15-3-4-18(21)10-20(15)26-14-17(12-23-26)16-9-19(13-22-11-16)25-7-5-24(2)6-8-25/h3-4,9-14H,5-8,21H2,1-2H3/i/hD. The maximum absolute atomic E-state index is 7.35. The van der Waals surface area contributed by atoms with Gasteiger partial charge in [-0.1, -0.05) is 6.07 Å². The summed E-state index contributed by atoms with van der Waals surface area (Å²) >= 11 is 0. The molecule has 134 valence electrons. The SMILES string of the molecule is [2H]Nc1ccc(C)c(-n2cc(-c3cncc(N4CCN(C)CC4)c3)cn2)c1. The molecule has 6 heteroatoms. The van der Waals surface area contributed by atoms with Crippen LogP contribution in [0.4, 0.5) is 11.4 Å². The Morgan fingerprint density at radius 1 is 1.04 bits per heavy atom. The smallest absolute Gasteiger partial charge is 0.156 e. The summed E-state index contributed by atoms with van der Waals surface area (Å²) in [7, 11) is 2.16. The number of nitrogen functional groups attached to an aromatic ring is 1. The van der Waals surface area contributed by atoms with Crippen LogP contribution in [0, 0.1) is 6.92 Å². The molecule has 2 N–H and O–H groups in total. The van der Waals surface area contributed by atoms with Gasteiger partial charge in [-0.2, -0.15) is 5.10 Å². The zero-order chi connectivity index (χ0) is 18.8. The molecule has 0 unspecified atom stereocenters. The third-order valence-corrected chi connectivity index (χ3v) is 4.96. The number of rotatable bonds is 4. The Balaban J connectivity index is 1.61. The molecule has 1 aliphatic rings. The van der Waals surface area contributed by atoms with E-state index in [1.807, 2.05) is 54.6 Å². The van der Waals surface area contributed by atoms with Gasteiger partial charge < -0.3 is 15.5 Å². The predicted octanol–water partition coefficient (Wildman–Crippen LogP) is 2.58. The van der Waals surface area contributed by atoms with Crippen LogP contribution < -0.4 is 10.6 Å². The van der Waals surface area contributed by atoms with E-state index < -0.39 is 0 Å². The first kappa shape index (κ1) is 15.4. The molecule has 1 saturated heterocycles. The Morgan fingerprint density at radius 3 is 2.69 bits per heavy atom. The predicted molar refractivity (Wildman–Crippen MR) is 106 cm³/mol. The molecule has 1 aliphatic heterocycles. The summed E-state index contributed by atoms with van der Waals surface area (Å²) in [6.45, 7) is 6.23. The minimum Gasteiger partial charge on any atom is -0.399 e. The number of nitrogens with two attached hydrogens (primary N) is 1. The lowest BCUT2D eigenvalue weighted by atomic mass is 10.1. The van der Waals surface area contributed by atoms with E-state index in [-0.39, 0.29) is 0 Å². The van der Waals surface area contributed by atoms with Crippen LogP contribution in [-0.2, 0) is 0 Å². The molecule has 1 fully saturated rings. The Kier molecular flexibility index (Phi) is 4.03. The number of likely N-dealkylation sites (N-methyl/N-ethyl adjacent to an activating group) is 1. The Bertz CT molecular complexity index is 930. The lowest BCUT2D eigenvalue weighted by molar-refractivity contribution is 0.313. The summed E-state index contributed by atoms with van der Waals surface area (Å²) in [6.07, 6.45) is 7.70. The van der Waals surface area contributed by atoms with Crippen LogP contribution in [0.3, 0.4) is 0 Å². The van der Waals surface area contributed by atoms with Crippen molar-refractivity contribution >= 4 is 11.4 Å². The third-order valence-electron chi connectivity index (χ3n) is 4.96. The number of aromatic nitrogens is 3. The summed E-state index contributed by atoms with van der Waals surface area (Å²) in [6, 6.07) is 8.00. The fraction of sp³-hybridized carbons (Fsp3) is 0.300. The largest absolute Gasteiger partial charge is 0.399 e. The van der Waals surface area contributed by atoms with Crippen LogP contribution in [0.2, 0.25) is 1.41 Å². The third kappa shape index (κ3) is 3.28. The number of benzene rings is 1. The van der Waals surface area contributed by atoms with E-state index in [4.69, 9.17) is 1.41 Å². The Morgan fingerprint density at radius 2 is 1.88 bits per heavy atom. The van der Waals surface area contributed by atoms with Crippen molar-refractivity contribution in [2.45, 2.75) is 6.92 Å².